The molecule has 12 aromatic rings. The quantitative estimate of drug-likeness (QED) is 0.129. The van der Waals surface area contributed by atoms with Crippen LogP contribution in [-0.2, 0) is 0 Å². The average Bonchev–Trinajstić information content (AvgIpc) is 3.33. The molecule has 278 valence electrons. The molecule has 0 spiro atoms. The number of fused-ring (bicyclic) bond motifs is 9. The van der Waals surface area contributed by atoms with Gasteiger partial charge in [0.25, 0.3) is 0 Å². The third-order valence-electron chi connectivity index (χ3n) is 12.2. The zero-order valence-electron chi connectivity index (χ0n) is 32.7. The van der Waals surface area contributed by atoms with Crippen molar-refractivity contribution in [2.24, 2.45) is 0 Å². The van der Waals surface area contributed by atoms with Gasteiger partial charge in [0.05, 0.1) is 11.4 Å². The van der Waals surface area contributed by atoms with Crippen LogP contribution in [0.15, 0.2) is 218 Å². The van der Waals surface area contributed by atoms with Gasteiger partial charge in [0.15, 0.2) is 5.82 Å². The Balaban J connectivity index is 0.980. The minimum absolute atomic E-state index is 0.705. The summed E-state index contributed by atoms with van der Waals surface area (Å²) < 4.78 is 0. The molecule has 0 aliphatic carbocycles. The molecule has 0 bridgehead atoms. The van der Waals surface area contributed by atoms with Crippen LogP contribution in [0, 0.1) is 0 Å². The maximum Gasteiger partial charge on any atom is 0.160 e. The summed E-state index contributed by atoms with van der Waals surface area (Å²) in [7, 11) is 0. The lowest BCUT2D eigenvalue weighted by Gasteiger charge is -2.15. The smallest absolute Gasteiger partial charge is 0.160 e. The lowest BCUT2D eigenvalue weighted by atomic mass is 9.88. The highest BCUT2D eigenvalue weighted by molar-refractivity contribution is 6.20. The van der Waals surface area contributed by atoms with Crippen molar-refractivity contribution in [2.75, 3.05) is 0 Å². The summed E-state index contributed by atoms with van der Waals surface area (Å²) in [5, 5.41) is 15.0. The fourth-order valence-corrected chi connectivity index (χ4v) is 9.29. The van der Waals surface area contributed by atoms with Gasteiger partial charge in [-0.15, -0.1) is 0 Å². The molecule has 11 aromatic carbocycles. The molecule has 1 heterocycles. The number of hydrogen-bond acceptors (Lipinski definition) is 2. The summed E-state index contributed by atoms with van der Waals surface area (Å²) >= 11 is 0. The van der Waals surface area contributed by atoms with Gasteiger partial charge in [-0.25, -0.2) is 9.97 Å². The molecule has 12 rings (SSSR count). The molecule has 0 aliphatic heterocycles. The SMILES string of the molecule is c1ccc(-c2nc(-c3cccc(-c4cccc(-c5c6ccccc6cc6c5ccc5ccccc56)c4)c3)cc(-c3ccc4c(ccc5c6ccccc6ccc45)c3)n2)cc1. The summed E-state index contributed by atoms with van der Waals surface area (Å²) in [4.78, 5) is 10.4. The number of rotatable bonds is 5. The van der Waals surface area contributed by atoms with E-state index in [-0.39, 0.29) is 0 Å². The highest BCUT2D eigenvalue weighted by Crippen LogP contribution is 2.41. The molecule has 0 N–H and O–H groups in total. The third kappa shape index (κ3) is 5.73. The predicted molar refractivity (Wildman–Crippen MR) is 254 cm³/mol. The molecule has 0 amide bonds. The molecule has 0 saturated heterocycles. The summed E-state index contributed by atoms with van der Waals surface area (Å²) in [5.41, 5.74) is 9.61. The Bertz CT molecular complexity index is 3660. The summed E-state index contributed by atoms with van der Waals surface area (Å²) in [6.45, 7) is 0. The number of aromatic nitrogens is 2. The summed E-state index contributed by atoms with van der Waals surface area (Å²) in [6.07, 6.45) is 0. The van der Waals surface area contributed by atoms with Gasteiger partial charge in [-0.2, -0.15) is 0 Å². The van der Waals surface area contributed by atoms with E-state index in [9.17, 15) is 0 Å². The number of hydrogen-bond donors (Lipinski definition) is 0. The van der Waals surface area contributed by atoms with Crippen molar-refractivity contribution in [1.29, 1.82) is 0 Å². The maximum atomic E-state index is 5.21. The van der Waals surface area contributed by atoms with Gasteiger partial charge < -0.3 is 0 Å². The van der Waals surface area contributed by atoms with Crippen LogP contribution < -0.4 is 0 Å². The van der Waals surface area contributed by atoms with E-state index in [2.05, 4.69) is 200 Å². The maximum absolute atomic E-state index is 5.21. The number of benzene rings is 11. The molecular formula is C58H36N2. The van der Waals surface area contributed by atoms with Gasteiger partial charge in [0.1, 0.15) is 0 Å². The minimum atomic E-state index is 0.705. The van der Waals surface area contributed by atoms with Crippen molar-refractivity contribution in [3.63, 3.8) is 0 Å². The molecular weight excluding hydrogens is 725 g/mol. The van der Waals surface area contributed by atoms with E-state index >= 15 is 0 Å². The van der Waals surface area contributed by atoms with E-state index in [4.69, 9.17) is 9.97 Å². The lowest BCUT2D eigenvalue weighted by molar-refractivity contribution is 1.18. The van der Waals surface area contributed by atoms with Gasteiger partial charge in [-0.05, 0) is 117 Å². The molecule has 2 heteroatoms. The first-order chi connectivity index (χ1) is 29.7. The summed E-state index contributed by atoms with van der Waals surface area (Å²) in [5.74, 6) is 0.705. The van der Waals surface area contributed by atoms with E-state index in [1.165, 1.54) is 75.8 Å². The van der Waals surface area contributed by atoms with E-state index in [1.54, 1.807) is 0 Å². The monoisotopic (exact) mass is 760 g/mol. The highest BCUT2D eigenvalue weighted by atomic mass is 14.9. The lowest BCUT2D eigenvalue weighted by Crippen LogP contribution is -1.96. The molecule has 2 nitrogen and oxygen atoms in total. The Hall–Kier alpha value is -7.94. The Morgan fingerprint density at radius 3 is 1.40 bits per heavy atom. The Morgan fingerprint density at radius 2 is 0.683 bits per heavy atom. The average molecular weight is 761 g/mol. The van der Waals surface area contributed by atoms with E-state index in [1.807, 2.05) is 18.2 Å². The Labute approximate surface area is 347 Å². The van der Waals surface area contributed by atoms with Crippen molar-refractivity contribution < 1.29 is 0 Å². The highest BCUT2D eigenvalue weighted by Gasteiger charge is 2.16. The van der Waals surface area contributed by atoms with Crippen molar-refractivity contribution in [3.05, 3.63) is 218 Å². The van der Waals surface area contributed by atoms with Crippen LogP contribution in [-0.4, -0.2) is 9.97 Å². The van der Waals surface area contributed by atoms with Gasteiger partial charge in [0.2, 0.25) is 0 Å². The molecule has 0 radical (unpaired) electrons. The van der Waals surface area contributed by atoms with Crippen molar-refractivity contribution in [2.45, 2.75) is 0 Å². The molecule has 0 fully saturated rings. The van der Waals surface area contributed by atoms with Crippen molar-refractivity contribution in [3.8, 4) is 56.2 Å². The second kappa shape index (κ2) is 13.9. The van der Waals surface area contributed by atoms with Crippen LogP contribution in [0.25, 0.3) is 121 Å². The molecule has 60 heavy (non-hydrogen) atoms. The van der Waals surface area contributed by atoms with E-state index < -0.39 is 0 Å². The standard InChI is InChI=1S/C58H36N2/c1-2-14-39(15-3-1)58-59-55(36-56(60-58)45-27-28-49-43(34-45)26-30-51-47-21-7-4-12-37(47)24-29-52(49)51)44-19-10-17-40(32-44)41-18-11-20-46(33-41)57-50-23-9-6-16-42(50)35-54-48-22-8-5-13-38(48)25-31-53(54)57/h1-36H. The fraction of sp³-hybridized carbons (Fsp3) is 0. The first kappa shape index (κ1) is 34.1. The van der Waals surface area contributed by atoms with Gasteiger partial charge in [0, 0.05) is 16.7 Å². The molecule has 0 unspecified atom stereocenters. The Morgan fingerprint density at radius 1 is 0.217 bits per heavy atom. The number of nitrogens with zero attached hydrogens (tertiary/aromatic N) is 2. The molecule has 0 saturated carbocycles. The molecule has 1 aromatic heterocycles. The minimum Gasteiger partial charge on any atom is -0.228 e. The van der Waals surface area contributed by atoms with Crippen LogP contribution in [0.1, 0.15) is 0 Å². The van der Waals surface area contributed by atoms with Gasteiger partial charge >= 0.3 is 0 Å². The van der Waals surface area contributed by atoms with E-state index in [0.717, 1.165) is 39.2 Å². The predicted octanol–water partition coefficient (Wildman–Crippen LogP) is 15.7. The van der Waals surface area contributed by atoms with Crippen molar-refractivity contribution >= 4 is 64.6 Å². The van der Waals surface area contributed by atoms with Crippen molar-refractivity contribution in [1.82, 2.24) is 9.97 Å². The fourth-order valence-electron chi connectivity index (χ4n) is 9.29. The second-order valence-corrected chi connectivity index (χ2v) is 15.7. The van der Waals surface area contributed by atoms with Crippen LogP contribution in [0.3, 0.4) is 0 Å². The summed E-state index contributed by atoms with van der Waals surface area (Å²) in [6, 6.07) is 78.9. The zero-order chi connectivity index (χ0) is 39.6. The van der Waals surface area contributed by atoms with Gasteiger partial charge in [-0.1, -0.05) is 188 Å². The Kier molecular flexibility index (Phi) is 7.89. The normalized spacial score (nSPS) is 11.7. The largest absolute Gasteiger partial charge is 0.228 e. The van der Waals surface area contributed by atoms with Crippen LogP contribution >= 0.6 is 0 Å². The second-order valence-electron chi connectivity index (χ2n) is 15.7. The molecule has 0 atom stereocenters. The first-order valence-electron chi connectivity index (χ1n) is 20.6. The first-order valence-corrected chi connectivity index (χ1v) is 20.6. The molecule has 0 aliphatic rings. The van der Waals surface area contributed by atoms with Crippen LogP contribution in [0.2, 0.25) is 0 Å². The van der Waals surface area contributed by atoms with Gasteiger partial charge in [-0.3, -0.25) is 0 Å². The zero-order valence-corrected chi connectivity index (χ0v) is 32.7. The topological polar surface area (TPSA) is 25.8 Å². The third-order valence-corrected chi connectivity index (χ3v) is 12.2. The van der Waals surface area contributed by atoms with E-state index in [0.29, 0.717) is 5.82 Å². The van der Waals surface area contributed by atoms with Crippen LogP contribution in [0.4, 0.5) is 0 Å². The van der Waals surface area contributed by atoms with Crippen LogP contribution in [0.5, 0.6) is 0 Å².